The first-order valence-corrected chi connectivity index (χ1v) is 9.79. The number of hydrogen-bond donors (Lipinski definition) is 0. The molecule has 28 heavy (non-hydrogen) atoms. The van der Waals surface area contributed by atoms with E-state index in [9.17, 15) is 9.18 Å². The van der Waals surface area contributed by atoms with Crippen molar-refractivity contribution in [1.29, 1.82) is 0 Å². The summed E-state index contributed by atoms with van der Waals surface area (Å²) in [5.41, 5.74) is -1.25. The minimum Gasteiger partial charge on any atom is -0.426 e. The summed E-state index contributed by atoms with van der Waals surface area (Å²) in [6.07, 6.45) is -4.14. The molecule has 0 aliphatic heterocycles. The van der Waals surface area contributed by atoms with Crippen molar-refractivity contribution in [3.8, 4) is 5.75 Å². The fourth-order valence-corrected chi connectivity index (χ4v) is 3.54. The lowest BCUT2D eigenvalue weighted by Gasteiger charge is -2.36. The van der Waals surface area contributed by atoms with Crippen LogP contribution in [0.15, 0.2) is 91.0 Å². The largest absolute Gasteiger partial charge is 0.426 e. The Morgan fingerprint density at radius 1 is 0.821 bits per heavy atom. The van der Waals surface area contributed by atoms with Crippen molar-refractivity contribution >= 4 is 15.2 Å². The molecule has 144 valence electrons. The van der Waals surface area contributed by atoms with E-state index in [4.69, 9.17) is 4.74 Å². The lowest BCUT2D eigenvalue weighted by atomic mass is 9.69. The fraction of sp³-hybridized carbons (Fsp3) is 0.174. The molecule has 0 aliphatic carbocycles. The Balaban J connectivity index is 2.22. The highest BCUT2D eigenvalue weighted by molar-refractivity contribution is 7.16. The summed E-state index contributed by atoms with van der Waals surface area (Å²) in [7, 11) is 2.20. The summed E-state index contributed by atoms with van der Waals surface area (Å²) < 4.78 is 36.0. The summed E-state index contributed by atoms with van der Waals surface area (Å²) >= 11 is 0. The molecule has 0 spiro atoms. The standard InChI is InChI=1S/C23H21F2O2P/c24-20(16-28)21(25)23(17-10-4-1-5-11-17,18-12-6-2-7-13-18)22(26)27-19-14-8-3-9-15-19/h1-15,20-21H,16,28H2. The van der Waals surface area contributed by atoms with E-state index in [-0.39, 0.29) is 11.9 Å². The van der Waals surface area contributed by atoms with E-state index >= 15 is 4.39 Å². The number of halogens is 2. The van der Waals surface area contributed by atoms with Crippen molar-refractivity contribution < 1.29 is 18.3 Å². The van der Waals surface area contributed by atoms with Gasteiger partial charge in [0.2, 0.25) is 0 Å². The summed E-state index contributed by atoms with van der Waals surface area (Å²) in [5, 5.41) is 0. The van der Waals surface area contributed by atoms with Crippen LogP contribution in [0, 0.1) is 0 Å². The van der Waals surface area contributed by atoms with E-state index in [1.54, 1.807) is 91.0 Å². The Bertz CT molecular complexity index is 849. The Hall–Kier alpha value is -2.58. The van der Waals surface area contributed by atoms with Gasteiger partial charge in [-0.2, -0.15) is 0 Å². The van der Waals surface area contributed by atoms with Crippen LogP contribution in [-0.2, 0) is 10.2 Å². The van der Waals surface area contributed by atoms with E-state index in [0.717, 1.165) is 0 Å². The first-order chi connectivity index (χ1) is 13.6. The van der Waals surface area contributed by atoms with Crippen molar-refractivity contribution in [2.45, 2.75) is 17.8 Å². The Labute approximate surface area is 165 Å². The highest BCUT2D eigenvalue weighted by Gasteiger charge is 2.54. The number of benzene rings is 3. The van der Waals surface area contributed by atoms with Gasteiger partial charge in [-0.05, 0) is 29.4 Å². The van der Waals surface area contributed by atoms with Crippen LogP contribution in [0.2, 0.25) is 0 Å². The molecule has 3 unspecified atom stereocenters. The molecule has 3 aromatic rings. The van der Waals surface area contributed by atoms with Crippen LogP contribution >= 0.6 is 9.24 Å². The van der Waals surface area contributed by atoms with Gasteiger partial charge < -0.3 is 4.74 Å². The van der Waals surface area contributed by atoms with Gasteiger partial charge in [0.1, 0.15) is 11.9 Å². The minimum absolute atomic E-state index is 0.138. The van der Waals surface area contributed by atoms with Gasteiger partial charge in [-0.3, -0.25) is 4.79 Å². The van der Waals surface area contributed by atoms with Gasteiger partial charge in [0.25, 0.3) is 0 Å². The van der Waals surface area contributed by atoms with Crippen molar-refractivity contribution in [2.75, 3.05) is 6.16 Å². The molecule has 2 nitrogen and oxygen atoms in total. The number of carbonyl (C=O) groups is 1. The quantitative estimate of drug-likeness (QED) is 0.313. The summed E-state index contributed by atoms with van der Waals surface area (Å²) in [4.78, 5) is 13.5. The normalized spacial score (nSPS) is 13.5. The number of ether oxygens (including phenoxy) is 1. The van der Waals surface area contributed by atoms with Crippen LogP contribution in [0.3, 0.4) is 0 Å². The third kappa shape index (κ3) is 3.83. The summed E-state index contributed by atoms with van der Waals surface area (Å²) in [6.45, 7) is 0. The highest BCUT2D eigenvalue weighted by atomic mass is 31.0. The topological polar surface area (TPSA) is 26.3 Å². The van der Waals surface area contributed by atoms with E-state index in [1.165, 1.54) is 0 Å². The maximum absolute atomic E-state index is 15.8. The first kappa shape index (κ1) is 20.2. The van der Waals surface area contributed by atoms with Crippen LogP contribution in [0.1, 0.15) is 11.1 Å². The lowest BCUT2D eigenvalue weighted by molar-refractivity contribution is -0.143. The van der Waals surface area contributed by atoms with Gasteiger partial charge in [0.15, 0.2) is 11.6 Å². The van der Waals surface area contributed by atoms with E-state index in [0.29, 0.717) is 11.1 Å². The Kier molecular flexibility index (Phi) is 6.53. The molecular formula is C23H21F2O2P. The molecule has 0 bridgehead atoms. The number of esters is 1. The van der Waals surface area contributed by atoms with Gasteiger partial charge in [0.05, 0.1) is 0 Å². The second kappa shape index (κ2) is 9.07. The fourth-order valence-electron chi connectivity index (χ4n) is 3.30. The van der Waals surface area contributed by atoms with E-state index in [2.05, 4.69) is 9.24 Å². The maximum atomic E-state index is 15.8. The average molecular weight is 398 g/mol. The van der Waals surface area contributed by atoms with Gasteiger partial charge in [0, 0.05) is 0 Å². The molecule has 0 saturated heterocycles. The molecule has 0 radical (unpaired) electrons. The SMILES string of the molecule is O=C(Oc1ccccc1)C(c1ccccc1)(c1ccccc1)C(F)C(F)CP. The molecule has 3 aromatic carbocycles. The van der Waals surface area contributed by atoms with Crippen LogP contribution in [0.4, 0.5) is 8.78 Å². The first-order valence-electron chi connectivity index (χ1n) is 8.97. The molecule has 0 amide bonds. The van der Waals surface area contributed by atoms with Crippen molar-refractivity contribution in [2.24, 2.45) is 0 Å². The lowest BCUT2D eigenvalue weighted by Crippen LogP contribution is -2.52. The molecule has 3 rings (SSSR count). The van der Waals surface area contributed by atoms with Crippen molar-refractivity contribution in [3.63, 3.8) is 0 Å². The predicted octanol–water partition coefficient (Wildman–Crippen LogP) is 5.13. The zero-order chi connectivity index (χ0) is 20.0. The van der Waals surface area contributed by atoms with Gasteiger partial charge in [-0.1, -0.05) is 78.9 Å². The molecular weight excluding hydrogens is 377 g/mol. The Morgan fingerprint density at radius 3 is 1.68 bits per heavy atom. The van der Waals surface area contributed by atoms with Crippen LogP contribution in [-0.4, -0.2) is 24.5 Å². The molecule has 0 saturated carbocycles. The summed E-state index contributed by atoms with van der Waals surface area (Å²) in [6, 6.07) is 25.2. The number of alkyl halides is 2. The number of carbonyl (C=O) groups excluding carboxylic acids is 1. The molecule has 0 heterocycles. The van der Waals surface area contributed by atoms with Gasteiger partial charge in [-0.25, -0.2) is 8.78 Å². The average Bonchev–Trinajstić information content (AvgIpc) is 2.76. The second-order valence-corrected chi connectivity index (χ2v) is 6.87. The smallest absolute Gasteiger partial charge is 0.329 e. The van der Waals surface area contributed by atoms with Gasteiger partial charge in [-0.15, -0.1) is 9.24 Å². The van der Waals surface area contributed by atoms with E-state index < -0.39 is 23.7 Å². The number of para-hydroxylation sites is 1. The summed E-state index contributed by atoms with van der Waals surface area (Å²) in [5.74, 6) is -0.582. The molecule has 5 heteroatoms. The molecule has 3 atom stereocenters. The molecule has 0 fully saturated rings. The zero-order valence-electron chi connectivity index (χ0n) is 15.2. The van der Waals surface area contributed by atoms with Crippen LogP contribution in [0.25, 0.3) is 0 Å². The van der Waals surface area contributed by atoms with Crippen LogP contribution < -0.4 is 4.74 Å². The molecule has 0 aliphatic rings. The van der Waals surface area contributed by atoms with Crippen molar-refractivity contribution in [1.82, 2.24) is 0 Å². The number of hydrogen-bond acceptors (Lipinski definition) is 2. The van der Waals surface area contributed by atoms with Crippen LogP contribution in [0.5, 0.6) is 5.75 Å². The number of rotatable bonds is 7. The predicted molar refractivity (Wildman–Crippen MR) is 110 cm³/mol. The molecule has 0 aromatic heterocycles. The van der Waals surface area contributed by atoms with E-state index in [1.807, 2.05) is 0 Å². The maximum Gasteiger partial charge on any atom is 0.329 e. The van der Waals surface area contributed by atoms with Crippen molar-refractivity contribution in [3.05, 3.63) is 102 Å². The third-order valence-corrected chi connectivity index (χ3v) is 5.14. The molecule has 0 N–H and O–H groups in total. The monoisotopic (exact) mass is 398 g/mol. The zero-order valence-corrected chi connectivity index (χ0v) is 16.3. The van der Waals surface area contributed by atoms with Gasteiger partial charge >= 0.3 is 5.97 Å². The minimum atomic E-state index is -2.13. The second-order valence-electron chi connectivity index (χ2n) is 6.40. The Morgan fingerprint density at radius 2 is 1.25 bits per heavy atom. The third-order valence-electron chi connectivity index (χ3n) is 4.69. The highest BCUT2D eigenvalue weighted by Crippen LogP contribution is 2.41.